The number of nitriles is 1. The Morgan fingerprint density at radius 2 is 1.95 bits per heavy atom. The number of thiophene rings is 1. The molecule has 296 valence electrons. The summed E-state index contributed by atoms with van der Waals surface area (Å²) < 4.78 is 57.3. The molecule has 2 fully saturated rings. The second-order valence-electron chi connectivity index (χ2n) is 14.0. The Morgan fingerprint density at radius 1 is 1.19 bits per heavy atom. The third kappa shape index (κ3) is 8.35. The van der Waals surface area contributed by atoms with Crippen molar-refractivity contribution in [2.24, 2.45) is 0 Å². The Morgan fingerprint density at radius 3 is 2.63 bits per heavy atom. The van der Waals surface area contributed by atoms with Crippen LogP contribution in [-0.4, -0.2) is 89.4 Å². The van der Waals surface area contributed by atoms with E-state index in [1.807, 2.05) is 11.6 Å². The van der Waals surface area contributed by atoms with Crippen LogP contribution in [0.15, 0.2) is 46.8 Å². The first-order chi connectivity index (χ1) is 27.3. The molecule has 2 aliphatic rings. The Bertz CT molecular complexity index is 2660. The number of aryl methyl sites for hydroxylation is 1. The largest absolute Gasteiger partial charge is 0.353 e. The minimum absolute atomic E-state index is 0.0426. The van der Waals surface area contributed by atoms with Crippen molar-refractivity contribution in [2.45, 2.75) is 70.9 Å². The minimum Gasteiger partial charge on any atom is -0.353 e. The topological polar surface area (TPSA) is 163 Å². The molecule has 57 heavy (non-hydrogen) atoms. The van der Waals surface area contributed by atoms with Crippen LogP contribution in [-0.2, 0) is 21.3 Å². The lowest BCUT2D eigenvalue weighted by Crippen LogP contribution is -2.54. The van der Waals surface area contributed by atoms with Gasteiger partial charge in [-0.15, -0.1) is 11.3 Å². The highest BCUT2D eigenvalue weighted by Gasteiger charge is 2.38. The first-order valence-corrected chi connectivity index (χ1v) is 21.3. The van der Waals surface area contributed by atoms with Gasteiger partial charge in [0.15, 0.2) is 0 Å². The first-order valence-electron chi connectivity index (χ1n) is 18.2. The number of alkyl halides is 2. The molecule has 5 aromatic rings. The average Bonchev–Trinajstić information content (AvgIpc) is 3.59. The van der Waals surface area contributed by atoms with Crippen molar-refractivity contribution in [1.29, 1.82) is 5.26 Å². The van der Waals surface area contributed by atoms with E-state index in [0.717, 1.165) is 32.2 Å². The summed E-state index contributed by atoms with van der Waals surface area (Å²) in [5.74, 6) is 6.27. The SMILES string of the molecule is CCN(c1ncc2nc(C)n(CC#Cc3ccc(Cl)cc3-c3ccnc4c(C(=O)NS(C)(=O)=O)csc34)c(=O)c2c1C#N)C1CCN(C2CC(OC(F)F)C2)CC1. The molecule has 0 atom stereocenters. The second-order valence-corrected chi connectivity index (χ2v) is 17.0. The van der Waals surface area contributed by atoms with Crippen molar-refractivity contribution in [2.75, 3.05) is 30.8 Å². The van der Waals surface area contributed by atoms with Crippen molar-refractivity contribution >= 4 is 65.8 Å². The van der Waals surface area contributed by atoms with Gasteiger partial charge in [-0.3, -0.25) is 19.1 Å². The average molecular weight is 835 g/mol. The van der Waals surface area contributed by atoms with Crippen molar-refractivity contribution in [1.82, 2.24) is 29.1 Å². The molecule has 1 saturated heterocycles. The van der Waals surface area contributed by atoms with Crippen LogP contribution in [0.25, 0.3) is 32.2 Å². The normalized spacial score (nSPS) is 17.6. The van der Waals surface area contributed by atoms with Gasteiger partial charge >= 0.3 is 6.61 Å². The van der Waals surface area contributed by atoms with E-state index < -0.39 is 34.2 Å². The number of fused-ring (bicyclic) bond motifs is 2. The van der Waals surface area contributed by atoms with Crippen LogP contribution in [0, 0.1) is 30.1 Å². The third-order valence-corrected chi connectivity index (χ3v) is 12.2. The Hall–Kier alpha value is -5.04. The zero-order valence-corrected chi connectivity index (χ0v) is 33.5. The standard InChI is InChI=1S/C39H37ClF2N8O5S2/c1-4-49(25-10-14-48(15-11-25)26-17-27(18-26)55-39(41)42)36-30(19-43)33-32(20-45-36)46-22(2)50(38(33)52)13-5-6-23-7-8-24(40)16-29(23)28-9-12-44-34-31(21-56-35(28)34)37(51)47-57(3,53)54/h7-9,12,16,20-21,25-27,39H,4,10-11,13-15,17-18H2,1-3H3,(H,47,51). The van der Waals surface area contributed by atoms with Gasteiger partial charge in [0, 0.05) is 65.0 Å². The van der Waals surface area contributed by atoms with E-state index in [1.54, 1.807) is 36.6 Å². The number of sulfonamides is 1. The number of carbonyl (C=O) groups is 1. The summed E-state index contributed by atoms with van der Waals surface area (Å²) in [4.78, 5) is 44.9. The second kappa shape index (κ2) is 16.4. The molecule has 1 amide bonds. The van der Waals surface area contributed by atoms with Gasteiger partial charge in [-0.2, -0.15) is 14.0 Å². The van der Waals surface area contributed by atoms with E-state index in [-0.39, 0.29) is 35.1 Å². The van der Waals surface area contributed by atoms with Crippen LogP contribution in [0.4, 0.5) is 14.6 Å². The van der Waals surface area contributed by atoms with Gasteiger partial charge in [0.05, 0.1) is 51.8 Å². The van der Waals surface area contributed by atoms with Gasteiger partial charge in [0.25, 0.3) is 11.5 Å². The zero-order chi connectivity index (χ0) is 40.6. The molecule has 13 nitrogen and oxygen atoms in total. The first kappa shape index (κ1) is 40.2. The number of halogens is 3. The monoisotopic (exact) mass is 834 g/mol. The molecule has 1 aromatic carbocycles. The molecule has 0 bridgehead atoms. The molecular weight excluding hydrogens is 798 g/mol. The molecule has 1 aliphatic heterocycles. The van der Waals surface area contributed by atoms with Crippen molar-refractivity contribution in [3.8, 4) is 29.0 Å². The number of carbonyl (C=O) groups excluding carboxylic acids is 1. The third-order valence-electron chi connectivity index (χ3n) is 10.4. The fourth-order valence-corrected chi connectivity index (χ4v) is 9.30. The van der Waals surface area contributed by atoms with E-state index in [0.29, 0.717) is 68.5 Å². The molecule has 5 heterocycles. The molecule has 0 unspecified atom stereocenters. The van der Waals surface area contributed by atoms with Crippen molar-refractivity contribution in [3.63, 3.8) is 0 Å². The van der Waals surface area contributed by atoms with E-state index in [9.17, 15) is 32.0 Å². The Kier molecular flexibility index (Phi) is 11.6. The molecule has 1 N–H and O–H groups in total. The molecule has 0 radical (unpaired) electrons. The summed E-state index contributed by atoms with van der Waals surface area (Å²) in [6.07, 6.45) is 6.28. The Labute approximate surface area is 336 Å². The highest BCUT2D eigenvalue weighted by atomic mass is 35.5. The maximum absolute atomic E-state index is 14.2. The summed E-state index contributed by atoms with van der Waals surface area (Å²) in [6.45, 7) is 2.96. The molecule has 7 rings (SSSR count). The number of aromatic nitrogens is 4. The number of pyridine rings is 2. The lowest BCUT2D eigenvalue weighted by Gasteiger charge is -2.47. The van der Waals surface area contributed by atoms with E-state index in [2.05, 4.69) is 47.4 Å². The van der Waals surface area contributed by atoms with Crippen LogP contribution in [0.2, 0.25) is 5.02 Å². The van der Waals surface area contributed by atoms with Crippen LogP contribution < -0.4 is 15.2 Å². The quantitative estimate of drug-likeness (QED) is 0.172. The van der Waals surface area contributed by atoms with Crippen molar-refractivity contribution < 1.29 is 26.7 Å². The highest BCUT2D eigenvalue weighted by molar-refractivity contribution is 7.89. The van der Waals surface area contributed by atoms with E-state index in [1.165, 1.54) is 28.3 Å². The van der Waals surface area contributed by atoms with E-state index in [4.69, 9.17) is 11.6 Å². The fourth-order valence-electron chi connectivity index (χ4n) is 7.65. The van der Waals surface area contributed by atoms with Crippen LogP contribution >= 0.6 is 22.9 Å². The molecule has 1 saturated carbocycles. The predicted octanol–water partition coefficient (Wildman–Crippen LogP) is 5.70. The van der Waals surface area contributed by atoms with Gasteiger partial charge in [-0.1, -0.05) is 23.4 Å². The number of piperidine rings is 1. The lowest BCUT2D eigenvalue weighted by molar-refractivity contribution is -0.194. The molecule has 1 aliphatic carbocycles. The summed E-state index contributed by atoms with van der Waals surface area (Å²) in [7, 11) is -3.80. The maximum Gasteiger partial charge on any atom is 0.345 e. The maximum atomic E-state index is 14.2. The Balaban J connectivity index is 1.15. The minimum atomic E-state index is -3.80. The molecule has 18 heteroatoms. The number of nitrogens with zero attached hydrogens (tertiary/aromatic N) is 7. The van der Waals surface area contributed by atoms with E-state index >= 15 is 0 Å². The summed E-state index contributed by atoms with van der Waals surface area (Å²) >= 11 is 7.66. The molecule has 0 spiro atoms. The molecule has 4 aromatic heterocycles. The van der Waals surface area contributed by atoms with Gasteiger partial charge < -0.3 is 14.5 Å². The highest BCUT2D eigenvalue weighted by Crippen LogP contribution is 2.37. The van der Waals surface area contributed by atoms with Gasteiger partial charge in [-0.25, -0.2) is 23.1 Å². The summed E-state index contributed by atoms with van der Waals surface area (Å²) in [5.41, 5.74) is 2.36. The zero-order valence-electron chi connectivity index (χ0n) is 31.1. The number of benzene rings is 1. The number of hydrogen-bond donors (Lipinski definition) is 1. The number of hydrogen-bond acceptors (Lipinski definition) is 12. The number of rotatable bonds is 10. The summed E-state index contributed by atoms with van der Waals surface area (Å²) in [5, 5.41) is 12.6. The smallest absolute Gasteiger partial charge is 0.345 e. The van der Waals surface area contributed by atoms with Crippen LogP contribution in [0.1, 0.15) is 59.9 Å². The number of likely N-dealkylation sites (tertiary alicyclic amines) is 1. The van der Waals surface area contributed by atoms with Gasteiger partial charge in [0.2, 0.25) is 10.0 Å². The number of amides is 1. The number of nitrogens with one attached hydrogen (secondary N) is 1. The van der Waals surface area contributed by atoms with Gasteiger partial charge in [0.1, 0.15) is 23.3 Å². The number of anilines is 1. The van der Waals surface area contributed by atoms with Gasteiger partial charge in [-0.05, 0) is 63.8 Å². The fraction of sp³-hybridized carbons (Fsp3) is 0.385. The van der Waals surface area contributed by atoms with Crippen molar-refractivity contribution in [3.05, 3.63) is 79.9 Å². The predicted molar refractivity (Wildman–Crippen MR) is 214 cm³/mol. The lowest BCUT2D eigenvalue weighted by atomic mass is 9.86. The van der Waals surface area contributed by atoms with Crippen LogP contribution in [0.3, 0.4) is 0 Å². The number of ether oxygens (including phenoxy) is 1. The van der Waals surface area contributed by atoms with Crippen LogP contribution in [0.5, 0.6) is 0 Å². The summed E-state index contributed by atoms with van der Waals surface area (Å²) in [6, 6.07) is 9.44. The molecular formula is C39H37ClF2N8O5S2.